The number of hydrogen-bond acceptors (Lipinski definition) is 4. The van der Waals surface area contributed by atoms with Gasteiger partial charge in [-0.15, -0.1) is 0 Å². The third-order valence-electron chi connectivity index (χ3n) is 2.78. The van der Waals surface area contributed by atoms with Crippen molar-refractivity contribution in [3.8, 4) is 0 Å². The van der Waals surface area contributed by atoms with E-state index in [1.165, 1.54) is 12.8 Å². The Balaban J connectivity index is 2.17. The summed E-state index contributed by atoms with van der Waals surface area (Å²) in [5.74, 6) is -0.408. The normalized spacial score (nSPS) is 20.9. The number of hydrogen-bond donors (Lipinski definition) is 2. The SMILES string of the molecule is CN1NC=C(N2CCCC2)C=C1C(N)=O. The fourth-order valence-corrected chi connectivity index (χ4v) is 1.91. The lowest BCUT2D eigenvalue weighted by Gasteiger charge is -2.29. The molecule has 5 nitrogen and oxygen atoms in total. The van der Waals surface area contributed by atoms with Crippen molar-refractivity contribution in [1.82, 2.24) is 15.3 Å². The number of likely N-dealkylation sites (N-methyl/N-ethyl adjacent to an activating group) is 1. The lowest BCUT2D eigenvalue weighted by atomic mass is 10.2. The van der Waals surface area contributed by atoms with Gasteiger partial charge < -0.3 is 16.1 Å². The minimum Gasteiger partial charge on any atom is -0.370 e. The van der Waals surface area contributed by atoms with Crippen LogP contribution in [0, 0.1) is 0 Å². The molecule has 3 N–H and O–H groups in total. The smallest absolute Gasteiger partial charge is 0.266 e. The number of nitrogens with zero attached hydrogens (tertiary/aromatic N) is 2. The fourth-order valence-electron chi connectivity index (χ4n) is 1.91. The molecule has 0 atom stereocenters. The van der Waals surface area contributed by atoms with Crippen molar-refractivity contribution in [1.29, 1.82) is 0 Å². The van der Waals surface area contributed by atoms with Gasteiger partial charge >= 0.3 is 0 Å². The van der Waals surface area contributed by atoms with Gasteiger partial charge in [-0.3, -0.25) is 9.80 Å². The van der Waals surface area contributed by atoms with Crippen LogP contribution >= 0.6 is 0 Å². The summed E-state index contributed by atoms with van der Waals surface area (Å²) in [6, 6.07) is 0. The molecule has 2 rings (SSSR count). The Hall–Kier alpha value is -1.65. The first-order valence-corrected chi connectivity index (χ1v) is 5.15. The van der Waals surface area contributed by atoms with Crippen molar-refractivity contribution in [2.45, 2.75) is 12.8 Å². The molecule has 0 bridgehead atoms. The van der Waals surface area contributed by atoms with Gasteiger partial charge in [0.15, 0.2) is 0 Å². The summed E-state index contributed by atoms with van der Waals surface area (Å²) < 4.78 is 0. The van der Waals surface area contributed by atoms with E-state index in [1.54, 1.807) is 12.1 Å². The zero-order chi connectivity index (χ0) is 10.8. The Morgan fingerprint density at radius 2 is 2.13 bits per heavy atom. The van der Waals surface area contributed by atoms with Crippen LogP contribution in [0.15, 0.2) is 23.7 Å². The molecule has 0 unspecified atom stereocenters. The molecule has 0 aliphatic carbocycles. The highest BCUT2D eigenvalue weighted by Gasteiger charge is 2.20. The number of nitrogens with two attached hydrogens (primary N) is 1. The molecule has 82 valence electrons. The first kappa shape index (κ1) is 9.89. The number of nitrogens with one attached hydrogen (secondary N) is 1. The Labute approximate surface area is 89.2 Å². The van der Waals surface area contributed by atoms with E-state index in [9.17, 15) is 4.79 Å². The van der Waals surface area contributed by atoms with E-state index in [2.05, 4.69) is 10.3 Å². The molecule has 0 radical (unpaired) electrons. The van der Waals surface area contributed by atoms with Crippen LogP contribution in [-0.2, 0) is 4.79 Å². The van der Waals surface area contributed by atoms with Crippen LogP contribution in [0.4, 0.5) is 0 Å². The van der Waals surface area contributed by atoms with E-state index < -0.39 is 5.91 Å². The zero-order valence-corrected chi connectivity index (χ0v) is 8.86. The topological polar surface area (TPSA) is 61.6 Å². The quantitative estimate of drug-likeness (QED) is 0.656. The molecule has 1 fully saturated rings. The van der Waals surface area contributed by atoms with Gasteiger partial charge in [0, 0.05) is 26.3 Å². The number of primary amides is 1. The molecule has 2 heterocycles. The Morgan fingerprint density at radius 1 is 1.47 bits per heavy atom. The number of hydrazine groups is 1. The number of carbonyl (C=O) groups is 1. The standard InChI is InChI=1S/C10H16N4O/c1-13-9(10(11)15)6-8(7-12-13)14-4-2-3-5-14/h6-7,12H,2-5H2,1H3,(H2,11,15). The lowest BCUT2D eigenvalue weighted by Crippen LogP contribution is -2.39. The predicted molar refractivity (Wildman–Crippen MR) is 57.1 cm³/mol. The highest BCUT2D eigenvalue weighted by molar-refractivity contribution is 5.91. The molecule has 1 amide bonds. The van der Waals surface area contributed by atoms with E-state index in [0.717, 1.165) is 18.8 Å². The highest BCUT2D eigenvalue weighted by Crippen LogP contribution is 2.19. The van der Waals surface area contributed by atoms with Gasteiger partial charge in [0.2, 0.25) is 0 Å². The monoisotopic (exact) mass is 208 g/mol. The van der Waals surface area contributed by atoms with E-state index in [0.29, 0.717) is 5.70 Å². The Morgan fingerprint density at radius 3 is 2.73 bits per heavy atom. The van der Waals surface area contributed by atoms with Crippen molar-refractivity contribution in [2.24, 2.45) is 5.73 Å². The average Bonchev–Trinajstić information content (AvgIpc) is 2.71. The van der Waals surface area contributed by atoms with Crippen LogP contribution in [0.25, 0.3) is 0 Å². The lowest BCUT2D eigenvalue weighted by molar-refractivity contribution is -0.116. The molecular formula is C10H16N4O. The van der Waals surface area contributed by atoms with Crippen LogP contribution in [0.1, 0.15) is 12.8 Å². The zero-order valence-electron chi connectivity index (χ0n) is 8.86. The third kappa shape index (κ3) is 1.91. The summed E-state index contributed by atoms with van der Waals surface area (Å²) >= 11 is 0. The summed E-state index contributed by atoms with van der Waals surface area (Å²) in [5.41, 5.74) is 9.83. The average molecular weight is 208 g/mol. The van der Waals surface area contributed by atoms with Gasteiger partial charge in [-0.1, -0.05) is 0 Å². The summed E-state index contributed by atoms with van der Waals surface area (Å²) in [7, 11) is 1.77. The summed E-state index contributed by atoms with van der Waals surface area (Å²) in [4.78, 5) is 13.4. The fraction of sp³-hybridized carbons (Fsp3) is 0.500. The Kier molecular flexibility index (Phi) is 2.53. The number of amides is 1. The van der Waals surface area contributed by atoms with Crippen LogP contribution in [-0.4, -0.2) is 36.0 Å². The maximum Gasteiger partial charge on any atom is 0.266 e. The third-order valence-corrected chi connectivity index (χ3v) is 2.78. The van der Waals surface area contributed by atoms with Gasteiger partial charge in [-0.05, 0) is 18.9 Å². The molecule has 2 aliphatic rings. The van der Waals surface area contributed by atoms with Gasteiger partial charge in [0.05, 0.1) is 5.70 Å². The van der Waals surface area contributed by atoms with Crippen LogP contribution in [0.3, 0.4) is 0 Å². The van der Waals surface area contributed by atoms with Crippen LogP contribution in [0.2, 0.25) is 0 Å². The molecule has 0 aromatic rings. The molecular weight excluding hydrogens is 192 g/mol. The second-order valence-electron chi connectivity index (χ2n) is 3.85. The summed E-state index contributed by atoms with van der Waals surface area (Å²) in [6.45, 7) is 2.11. The molecule has 1 saturated heterocycles. The van der Waals surface area contributed by atoms with Gasteiger partial charge in [0.25, 0.3) is 5.91 Å². The molecule has 5 heteroatoms. The van der Waals surface area contributed by atoms with E-state index in [-0.39, 0.29) is 0 Å². The summed E-state index contributed by atoms with van der Waals surface area (Å²) in [5, 5.41) is 1.63. The van der Waals surface area contributed by atoms with Crippen molar-refractivity contribution < 1.29 is 4.79 Å². The minimum absolute atomic E-state index is 0.408. The molecule has 0 aromatic heterocycles. The minimum atomic E-state index is -0.408. The first-order chi connectivity index (χ1) is 7.18. The molecule has 0 aromatic carbocycles. The Bertz CT molecular complexity index is 328. The maximum absolute atomic E-state index is 11.2. The van der Waals surface area contributed by atoms with E-state index >= 15 is 0 Å². The van der Waals surface area contributed by atoms with Crippen molar-refractivity contribution in [3.05, 3.63) is 23.7 Å². The van der Waals surface area contributed by atoms with Crippen molar-refractivity contribution >= 4 is 5.91 Å². The molecule has 0 saturated carbocycles. The van der Waals surface area contributed by atoms with Crippen LogP contribution in [0.5, 0.6) is 0 Å². The van der Waals surface area contributed by atoms with Crippen molar-refractivity contribution in [3.63, 3.8) is 0 Å². The van der Waals surface area contributed by atoms with Crippen molar-refractivity contribution in [2.75, 3.05) is 20.1 Å². The van der Waals surface area contributed by atoms with Gasteiger partial charge in [0.1, 0.15) is 5.70 Å². The maximum atomic E-state index is 11.2. The second kappa shape index (κ2) is 3.84. The van der Waals surface area contributed by atoms with Gasteiger partial charge in [-0.2, -0.15) is 0 Å². The second-order valence-corrected chi connectivity index (χ2v) is 3.85. The number of carbonyl (C=O) groups excluding carboxylic acids is 1. The molecule has 2 aliphatic heterocycles. The van der Waals surface area contributed by atoms with Gasteiger partial charge in [-0.25, -0.2) is 0 Å². The number of likely N-dealkylation sites (tertiary alicyclic amines) is 1. The highest BCUT2D eigenvalue weighted by atomic mass is 16.1. The van der Waals surface area contributed by atoms with E-state index in [1.807, 2.05) is 12.3 Å². The number of allylic oxidation sites excluding steroid dienone is 1. The number of rotatable bonds is 2. The predicted octanol–water partition coefficient (Wildman–Crippen LogP) is -0.257. The van der Waals surface area contributed by atoms with Crippen LogP contribution < -0.4 is 11.2 Å². The van der Waals surface area contributed by atoms with E-state index in [4.69, 9.17) is 5.73 Å². The molecule has 15 heavy (non-hydrogen) atoms. The largest absolute Gasteiger partial charge is 0.370 e. The molecule has 0 spiro atoms. The first-order valence-electron chi connectivity index (χ1n) is 5.15. The summed E-state index contributed by atoms with van der Waals surface area (Å²) in [6.07, 6.45) is 6.17.